The Labute approximate surface area is 177 Å². The van der Waals surface area contributed by atoms with E-state index in [1.807, 2.05) is 26.8 Å². The number of nitrogens with one attached hydrogen (secondary N) is 1. The van der Waals surface area contributed by atoms with Crippen LogP contribution in [0.25, 0.3) is 11.3 Å². The molecule has 0 saturated heterocycles. The second-order valence-corrected chi connectivity index (χ2v) is 7.49. The summed E-state index contributed by atoms with van der Waals surface area (Å²) in [7, 11) is 0. The molecular formula is C21H20N4O4S. The molecule has 8 nitrogen and oxygen atoms in total. The molecule has 30 heavy (non-hydrogen) atoms. The molecule has 2 N–H and O–H groups in total. The van der Waals surface area contributed by atoms with Crippen molar-refractivity contribution in [1.82, 2.24) is 15.4 Å². The molecular weight excluding hydrogens is 404 g/mol. The molecule has 2 aromatic heterocycles. The number of furan rings is 1. The average Bonchev–Trinajstić information content (AvgIpc) is 3.14. The number of carbonyl (C=O) groups is 2. The molecule has 9 heteroatoms. The highest BCUT2D eigenvalue weighted by Gasteiger charge is 2.10. The second-order valence-electron chi connectivity index (χ2n) is 6.55. The Hall–Kier alpha value is -3.46. The fourth-order valence-corrected chi connectivity index (χ4v) is 3.47. The number of carboxylic acid groups (broad SMARTS) is 1. The van der Waals surface area contributed by atoms with Crippen LogP contribution >= 0.6 is 11.8 Å². The van der Waals surface area contributed by atoms with Crippen LogP contribution in [-0.2, 0) is 4.79 Å². The molecule has 0 aliphatic rings. The van der Waals surface area contributed by atoms with E-state index in [9.17, 15) is 9.59 Å². The summed E-state index contributed by atoms with van der Waals surface area (Å²) in [4.78, 5) is 31.6. The molecule has 0 saturated carbocycles. The molecule has 2 heterocycles. The predicted molar refractivity (Wildman–Crippen MR) is 114 cm³/mol. The first-order valence-corrected chi connectivity index (χ1v) is 10.0. The van der Waals surface area contributed by atoms with Gasteiger partial charge in [0.1, 0.15) is 11.5 Å². The van der Waals surface area contributed by atoms with Gasteiger partial charge in [-0.05, 0) is 56.7 Å². The summed E-state index contributed by atoms with van der Waals surface area (Å²) in [6.07, 6.45) is 1.40. The van der Waals surface area contributed by atoms with E-state index in [-0.39, 0.29) is 17.2 Å². The zero-order valence-corrected chi connectivity index (χ0v) is 17.5. The zero-order valence-electron chi connectivity index (χ0n) is 16.7. The van der Waals surface area contributed by atoms with Gasteiger partial charge >= 0.3 is 5.97 Å². The second kappa shape index (κ2) is 9.36. The Morgan fingerprint density at radius 2 is 1.87 bits per heavy atom. The highest BCUT2D eigenvalue weighted by Crippen LogP contribution is 2.26. The van der Waals surface area contributed by atoms with E-state index in [2.05, 4.69) is 20.5 Å². The maximum Gasteiger partial charge on any atom is 0.335 e. The molecule has 0 unspecified atom stereocenters. The molecule has 154 valence electrons. The smallest absolute Gasteiger partial charge is 0.335 e. The maximum atomic E-state index is 12.0. The topological polar surface area (TPSA) is 118 Å². The van der Waals surface area contributed by atoms with Crippen molar-refractivity contribution >= 4 is 29.9 Å². The number of benzene rings is 1. The molecule has 0 radical (unpaired) electrons. The molecule has 0 aliphatic heterocycles. The average molecular weight is 424 g/mol. The standard InChI is InChI=1S/C21H20N4O4S/c1-12-8-15(20(27)28)4-6-17(12)18-7-5-16(29-18)10-22-25-19(26)11-30-21-23-13(2)9-14(3)24-21/h4-10H,11H2,1-3H3,(H,25,26)(H,27,28)/b22-10-. The molecule has 1 amide bonds. The maximum absolute atomic E-state index is 12.0. The van der Waals surface area contributed by atoms with Crippen LogP contribution in [0, 0.1) is 20.8 Å². The lowest BCUT2D eigenvalue weighted by molar-refractivity contribution is -0.118. The fraction of sp³-hybridized carbons (Fsp3) is 0.190. The Morgan fingerprint density at radius 3 is 2.53 bits per heavy atom. The Balaban J connectivity index is 1.56. The normalized spacial score (nSPS) is 11.0. The molecule has 3 rings (SSSR count). The number of aryl methyl sites for hydroxylation is 3. The van der Waals surface area contributed by atoms with Crippen molar-refractivity contribution in [1.29, 1.82) is 0 Å². The highest BCUT2D eigenvalue weighted by molar-refractivity contribution is 7.99. The number of aromatic nitrogens is 2. The van der Waals surface area contributed by atoms with Crippen LogP contribution in [0.3, 0.4) is 0 Å². The number of hydrogen-bond acceptors (Lipinski definition) is 7. The van der Waals surface area contributed by atoms with Crippen LogP contribution in [0.4, 0.5) is 0 Å². The number of aromatic carboxylic acids is 1. The highest BCUT2D eigenvalue weighted by atomic mass is 32.2. The number of hydrazone groups is 1. The third-order valence-corrected chi connectivity index (χ3v) is 4.89. The summed E-state index contributed by atoms with van der Waals surface area (Å²) in [6.45, 7) is 5.57. The third-order valence-electron chi connectivity index (χ3n) is 4.04. The Kier molecular flexibility index (Phi) is 6.63. The number of hydrogen-bond donors (Lipinski definition) is 2. The number of rotatable bonds is 7. The molecule has 0 fully saturated rings. The molecule has 0 aliphatic carbocycles. The lowest BCUT2D eigenvalue weighted by atomic mass is 10.0. The zero-order chi connectivity index (χ0) is 21.7. The van der Waals surface area contributed by atoms with Crippen LogP contribution in [0.5, 0.6) is 0 Å². The number of nitrogens with zero attached hydrogens (tertiary/aromatic N) is 3. The van der Waals surface area contributed by atoms with E-state index in [0.717, 1.165) is 22.5 Å². The van der Waals surface area contributed by atoms with Gasteiger partial charge in [-0.15, -0.1) is 0 Å². The largest absolute Gasteiger partial charge is 0.478 e. The van der Waals surface area contributed by atoms with Crippen LogP contribution < -0.4 is 5.43 Å². The third kappa shape index (κ3) is 5.54. The van der Waals surface area contributed by atoms with E-state index in [1.54, 1.807) is 24.3 Å². The molecule has 3 aromatic rings. The van der Waals surface area contributed by atoms with Crippen molar-refractivity contribution in [2.75, 3.05) is 5.75 Å². The van der Waals surface area contributed by atoms with Crippen molar-refractivity contribution in [3.8, 4) is 11.3 Å². The van der Waals surface area contributed by atoms with Gasteiger partial charge in [-0.2, -0.15) is 5.10 Å². The number of carbonyl (C=O) groups excluding carboxylic acids is 1. The predicted octanol–water partition coefficient (Wildman–Crippen LogP) is 3.60. The van der Waals surface area contributed by atoms with Gasteiger partial charge in [-0.3, -0.25) is 4.79 Å². The van der Waals surface area contributed by atoms with Gasteiger partial charge in [-0.25, -0.2) is 20.2 Å². The van der Waals surface area contributed by atoms with Crippen molar-refractivity contribution in [3.05, 3.63) is 64.7 Å². The quantitative estimate of drug-likeness (QED) is 0.257. The van der Waals surface area contributed by atoms with Crippen LogP contribution in [0.1, 0.15) is 33.1 Å². The molecule has 0 bridgehead atoms. The first kappa shape index (κ1) is 21.3. The molecule has 0 spiro atoms. The van der Waals surface area contributed by atoms with E-state index in [0.29, 0.717) is 16.7 Å². The summed E-state index contributed by atoms with van der Waals surface area (Å²) in [5, 5.41) is 13.5. The van der Waals surface area contributed by atoms with E-state index in [1.165, 1.54) is 24.0 Å². The van der Waals surface area contributed by atoms with Gasteiger partial charge in [0.25, 0.3) is 5.91 Å². The molecule has 1 aromatic carbocycles. The van der Waals surface area contributed by atoms with Crippen molar-refractivity contribution in [3.63, 3.8) is 0 Å². The first-order chi connectivity index (χ1) is 14.3. The summed E-state index contributed by atoms with van der Waals surface area (Å²) in [5.74, 6) is -0.0866. The van der Waals surface area contributed by atoms with E-state index >= 15 is 0 Å². The number of carboxylic acids is 1. The summed E-state index contributed by atoms with van der Waals surface area (Å²) < 4.78 is 5.72. The van der Waals surface area contributed by atoms with Crippen LogP contribution in [-0.4, -0.2) is 38.9 Å². The van der Waals surface area contributed by atoms with E-state index in [4.69, 9.17) is 9.52 Å². The van der Waals surface area contributed by atoms with Crippen molar-refractivity contribution in [2.24, 2.45) is 5.10 Å². The number of thioether (sulfide) groups is 1. The summed E-state index contributed by atoms with van der Waals surface area (Å²) in [6, 6.07) is 10.2. The minimum Gasteiger partial charge on any atom is -0.478 e. The monoisotopic (exact) mass is 424 g/mol. The van der Waals surface area contributed by atoms with Crippen molar-refractivity contribution < 1.29 is 19.1 Å². The Bertz CT molecular complexity index is 1100. The fourth-order valence-electron chi connectivity index (χ4n) is 2.73. The lowest BCUT2D eigenvalue weighted by Crippen LogP contribution is -2.19. The van der Waals surface area contributed by atoms with Gasteiger partial charge < -0.3 is 9.52 Å². The molecule has 0 atom stereocenters. The first-order valence-electron chi connectivity index (χ1n) is 9.03. The van der Waals surface area contributed by atoms with Gasteiger partial charge in [-0.1, -0.05) is 17.8 Å². The van der Waals surface area contributed by atoms with Crippen LogP contribution in [0.2, 0.25) is 0 Å². The minimum absolute atomic E-state index is 0.138. The van der Waals surface area contributed by atoms with Gasteiger partial charge in [0, 0.05) is 17.0 Å². The van der Waals surface area contributed by atoms with Crippen molar-refractivity contribution in [2.45, 2.75) is 25.9 Å². The SMILES string of the molecule is Cc1cc(C)nc(SCC(=O)N/N=C\c2ccc(-c3ccc(C(=O)O)cc3C)o2)n1. The van der Waals surface area contributed by atoms with E-state index < -0.39 is 5.97 Å². The lowest BCUT2D eigenvalue weighted by Gasteiger charge is -2.04. The van der Waals surface area contributed by atoms with Gasteiger partial charge in [0.05, 0.1) is 17.5 Å². The van der Waals surface area contributed by atoms with Crippen LogP contribution in [0.15, 0.2) is 51.1 Å². The Morgan fingerprint density at radius 1 is 1.13 bits per heavy atom. The van der Waals surface area contributed by atoms with Gasteiger partial charge in [0.2, 0.25) is 0 Å². The minimum atomic E-state index is -0.977. The summed E-state index contributed by atoms with van der Waals surface area (Å²) in [5.41, 5.74) is 5.93. The van der Waals surface area contributed by atoms with Gasteiger partial charge in [0.15, 0.2) is 5.16 Å². The number of amides is 1. The summed E-state index contributed by atoms with van der Waals surface area (Å²) >= 11 is 1.24.